The van der Waals surface area contributed by atoms with Crippen LogP contribution >= 0.6 is 0 Å². The maximum absolute atomic E-state index is 11.7. The molecule has 0 aromatic carbocycles. The van der Waals surface area contributed by atoms with Crippen LogP contribution in [0.25, 0.3) is 0 Å². The van der Waals surface area contributed by atoms with E-state index in [1.54, 1.807) is 0 Å². The lowest BCUT2D eigenvalue weighted by Gasteiger charge is -2.25. The molecule has 0 heterocycles. The summed E-state index contributed by atoms with van der Waals surface area (Å²) in [7, 11) is 0. The van der Waals surface area contributed by atoms with Crippen molar-refractivity contribution in [2.45, 2.75) is 38.6 Å². The van der Waals surface area contributed by atoms with Gasteiger partial charge < -0.3 is 15.8 Å². The van der Waals surface area contributed by atoms with Gasteiger partial charge >= 0.3 is 0 Å². The van der Waals surface area contributed by atoms with Crippen LogP contribution in [0.15, 0.2) is 12.8 Å². The Morgan fingerprint density at radius 2 is 2.13 bits per heavy atom. The molecule has 0 aromatic heterocycles. The number of carbonyl (C=O) groups excluding carboxylic acids is 1. The van der Waals surface area contributed by atoms with Crippen LogP contribution in [0.1, 0.15) is 33.1 Å². The second-order valence-electron chi connectivity index (χ2n) is 3.51. The average Bonchev–Trinajstić information content (AvgIpc) is 2.27. The summed E-state index contributed by atoms with van der Waals surface area (Å²) >= 11 is 0. The van der Waals surface area contributed by atoms with Crippen molar-refractivity contribution in [1.82, 2.24) is 5.32 Å². The van der Waals surface area contributed by atoms with Crippen molar-refractivity contribution in [2.24, 2.45) is 5.73 Å². The van der Waals surface area contributed by atoms with Gasteiger partial charge in [0.05, 0.1) is 18.4 Å². The summed E-state index contributed by atoms with van der Waals surface area (Å²) in [6.07, 6.45) is 3.46. The van der Waals surface area contributed by atoms with Gasteiger partial charge in [-0.1, -0.05) is 20.4 Å². The lowest BCUT2D eigenvalue weighted by atomic mass is 9.93. The molecule has 15 heavy (non-hydrogen) atoms. The van der Waals surface area contributed by atoms with Crippen LogP contribution in [0.2, 0.25) is 0 Å². The van der Waals surface area contributed by atoms with Crippen molar-refractivity contribution >= 4 is 5.91 Å². The van der Waals surface area contributed by atoms with Crippen molar-refractivity contribution < 1.29 is 9.53 Å². The highest BCUT2D eigenvalue weighted by Crippen LogP contribution is 2.10. The Bertz CT molecular complexity index is 201. The third-order valence-electron chi connectivity index (χ3n) is 2.56. The number of hydrogen-bond acceptors (Lipinski definition) is 3. The van der Waals surface area contributed by atoms with Crippen molar-refractivity contribution in [2.75, 3.05) is 13.2 Å². The highest BCUT2D eigenvalue weighted by molar-refractivity contribution is 5.85. The van der Waals surface area contributed by atoms with Crippen LogP contribution < -0.4 is 11.1 Å². The fraction of sp³-hybridized carbons (Fsp3) is 0.727. The second-order valence-corrected chi connectivity index (χ2v) is 3.51. The first kappa shape index (κ1) is 14.0. The number of nitrogens with one attached hydrogen (secondary N) is 1. The molecule has 1 amide bonds. The zero-order valence-electron chi connectivity index (χ0n) is 9.71. The Morgan fingerprint density at radius 3 is 2.60 bits per heavy atom. The van der Waals surface area contributed by atoms with Crippen LogP contribution in [0.5, 0.6) is 0 Å². The fourth-order valence-electron chi connectivity index (χ4n) is 1.19. The van der Waals surface area contributed by atoms with E-state index < -0.39 is 5.54 Å². The molecule has 4 heteroatoms. The first-order valence-electron chi connectivity index (χ1n) is 5.40. The molecule has 0 radical (unpaired) electrons. The van der Waals surface area contributed by atoms with E-state index in [1.807, 2.05) is 13.8 Å². The summed E-state index contributed by atoms with van der Waals surface area (Å²) in [6.45, 7) is 8.43. The van der Waals surface area contributed by atoms with Crippen LogP contribution in [0.3, 0.4) is 0 Å². The summed E-state index contributed by atoms with van der Waals surface area (Å²) in [5, 5.41) is 2.81. The van der Waals surface area contributed by atoms with E-state index in [0.29, 0.717) is 26.0 Å². The Balaban J connectivity index is 3.77. The standard InChI is InChI=1S/C11H22N2O2/c1-4-11(12,5-2)10(14)13-8-7-9-15-6-3/h6H,3-5,7-9,12H2,1-2H3,(H,13,14). The van der Waals surface area contributed by atoms with Crippen molar-refractivity contribution in [3.05, 3.63) is 12.8 Å². The van der Waals surface area contributed by atoms with Crippen LogP contribution in [-0.4, -0.2) is 24.6 Å². The molecule has 0 spiro atoms. The monoisotopic (exact) mass is 214 g/mol. The SMILES string of the molecule is C=COCCCNC(=O)C(N)(CC)CC. The minimum atomic E-state index is -0.723. The smallest absolute Gasteiger partial charge is 0.240 e. The van der Waals surface area contributed by atoms with Gasteiger partial charge in [0, 0.05) is 6.54 Å². The van der Waals surface area contributed by atoms with E-state index in [4.69, 9.17) is 10.5 Å². The van der Waals surface area contributed by atoms with E-state index >= 15 is 0 Å². The average molecular weight is 214 g/mol. The molecule has 0 rings (SSSR count). The number of rotatable bonds is 8. The molecule has 0 aliphatic carbocycles. The molecule has 88 valence electrons. The van der Waals surface area contributed by atoms with Crippen LogP contribution in [0.4, 0.5) is 0 Å². The molecular formula is C11H22N2O2. The number of nitrogens with two attached hydrogens (primary N) is 1. The molecule has 0 bridgehead atoms. The Labute approximate surface area is 91.9 Å². The number of amides is 1. The first-order chi connectivity index (χ1) is 7.10. The minimum absolute atomic E-state index is 0.0777. The van der Waals surface area contributed by atoms with Gasteiger partial charge in [0.1, 0.15) is 0 Å². The fourth-order valence-corrected chi connectivity index (χ4v) is 1.19. The third kappa shape index (κ3) is 4.83. The lowest BCUT2D eigenvalue weighted by molar-refractivity contribution is -0.126. The molecule has 4 nitrogen and oxygen atoms in total. The molecule has 0 saturated carbocycles. The van der Waals surface area contributed by atoms with Crippen LogP contribution in [-0.2, 0) is 9.53 Å². The predicted molar refractivity (Wildman–Crippen MR) is 61.3 cm³/mol. The maximum Gasteiger partial charge on any atom is 0.240 e. The topological polar surface area (TPSA) is 64.3 Å². The largest absolute Gasteiger partial charge is 0.502 e. The number of hydrogen-bond donors (Lipinski definition) is 2. The molecule has 0 fully saturated rings. The Morgan fingerprint density at radius 1 is 1.53 bits per heavy atom. The zero-order valence-corrected chi connectivity index (χ0v) is 9.71. The Hall–Kier alpha value is -1.03. The predicted octanol–water partition coefficient (Wildman–Crippen LogP) is 1.17. The molecular weight excluding hydrogens is 192 g/mol. The van der Waals surface area contributed by atoms with Gasteiger partial charge in [-0.05, 0) is 19.3 Å². The van der Waals surface area contributed by atoms with E-state index in [9.17, 15) is 4.79 Å². The van der Waals surface area contributed by atoms with Crippen LogP contribution in [0, 0.1) is 0 Å². The van der Waals surface area contributed by atoms with E-state index in [2.05, 4.69) is 11.9 Å². The van der Waals surface area contributed by atoms with E-state index in [1.165, 1.54) is 6.26 Å². The van der Waals surface area contributed by atoms with Gasteiger partial charge in [-0.15, -0.1) is 0 Å². The van der Waals surface area contributed by atoms with Gasteiger partial charge in [-0.2, -0.15) is 0 Å². The first-order valence-corrected chi connectivity index (χ1v) is 5.40. The molecule has 0 aliphatic heterocycles. The van der Waals surface area contributed by atoms with Gasteiger partial charge in [0.2, 0.25) is 5.91 Å². The highest BCUT2D eigenvalue weighted by Gasteiger charge is 2.29. The highest BCUT2D eigenvalue weighted by atomic mass is 16.5. The minimum Gasteiger partial charge on any atom is -0.502 e. The molecule has 0 atom stereocenters. The van der Waals surface area contributed by atoms with Gasteiger partial charge in [0.25, 0.3) is 0 Å². The van der Waals surface area contributed by atoms with Crippen molar-refractivity contribution in [1.29, 1.82) is 0 Å². The quantitative estimate of drug-likeness (QED) is 0.471. The second kappa shape index (κ2) is 7.29. The summed E-state index contributed by atoms with van der Waals surface area (Å²) in [4.78, 5) is 11.7. The summed E-state index contributed by atoms with van der Waals surface area (Å²) in [5.41, 5.74) is 5.20. The lowest BCUT2D eigenvalue weighted by Crippen LogP contribution is -2.53. The molecule has 0 aliphatic rings. The summed E-state index contributed by atoms with van der Waals surface area (Å²) in [6, 6.07) is 0. The van der Waals surface area contributed by atoms with E-state index in [0.717, 1.165) is 6.42 Å². The molecule has 0 aromatic rings. The van der Waals surface area contributed by atoms with Gasteiger partial charge in [0.15, 0.2) is 0 Å². The molecule has 0 unspecified atom stereocenters. The maximum atomic E-state index is 11.7. The summed E-state index contributed by atoms with van der Waals surface area (Å²) in [5.74, 6) is -0.0777. The summed E-state index contributed by atoms with van der Waals surface area (Å²) < 4.78 is 4.93. The van der Waals surface area contributed by atoms with Crippen molar-refractivity contribution in [3.63, 3.8) is 0 Å². The van der Waals surface area contributed by atoms with E-state index in [-0.39, 0.29) is 5.91 Å². The zero-order chi connectivity index (χ0) is 11.7. The number of ether oxygens (including phenoxy) is 1. The molecule has 3 N–H and O–H groups in total. The Kier molecular flexibility index (Phi) is 6.79. The van der Waals surface area contributed by atoms with Gasteiger partial charge in [-0.3, -0.25) is 4.79 Å². The third-order valence-corrected chi connectivity index (χ3v) is 2.56. The van der Waals surface area contributed by atoms with Crippen molar-refractivity contribution in [3.8, 4) is 0 Å². The number of carbonyl (C=O) groups is 1. The normalized spacial score (nSPS) is 10.9. The van der Waals surface area contributed by atoms with Gasteiger partial charge in [-0.25, -0.2) is 0 Å². The molecule has 0 saturated heterocycles.